The van der Waals surface area contributed by atoms with Crippen molar-refractivity contribution in [1.29, 1.82) is 0 Å². The summed E-state index contributed by atoms with van der Waals surface area (Å²) >= 11 is 0. The summed E-state index contributed by atoms with van der Waals surface area (Å²) in [6.45, 7) is 7.74. The molecule has 0 spiro atoms. The summed E-state index contributed by atoms with van der Waals surface area (Å²) in [5, 5.41) is 3.01. The number of nitrogens with zero attached hydrogens (tertiary/aromatic N) is 4. The Hall–Kier alpha value is -1.43. The van der Waals surface area contributed by atoms with Crippen LogP contribution in [-0.2, 0) is 19.7 Å². The average molecular weight is 474 g/mol. The van der Waals surface area contributed by atoms with Gasteiger partial charge in [-0.15, -0.1) is 0 Å². The molecule has 11 heteroatoms. The largest absolute Gasteiger partial charge is 0.450 e. The van der Waals surface area contributed by atoms with Crippen LogP contribution in [0.5, 0.6) is 0 Å². The van der Waals surface area contributed by atoms with Gasteiger partial charge in [0, 0.05) is 45.8 Å². The molecule has 0 radical (unpaired) electrons. The van der Waals surface area contributed by atoms with Crippen LogP contribution in [0.2, 0.25) is 0 Å². The van der Waals surface area contributed by atoms with E-state index in [0.29, 0.717) is 45.6 Å². The van der Waals surface area contributed by atoms with E-state index in [-0.39, 0.29) is 31.5 Å². The highest BCUT2D eigenvalue weighted by molar-refractivity contribution is 7.86. The molecule has 0 aromatic rings. The predicted molar refractivity (Wildman–Crippen MR) is 121 cm³/mol. The summed E-state index contributed by atoms with van der Waals surface area (Å²) in [4.78, 5) is 28.5. The van der Waals surface area contributed by atoms with Gasteiger partial charge in [-0.2, -0.15) is 17.0 Å². The molecular weight excluding hydrogens is 434 g/mol. The molecule has 0 aliphatic carbocycles. The van der Waals surface area contributed by atoms with Gasteiger partial charge in [0.1, 0.15) is 0 Å². The minimum Gasteiger partial charge on any atom is -0.450 e. The Labute approximate surface area is 192 Å². The van der Waals surface area contributed by atoms with E-state index in [4.69, 9.17) is 4.74 Å². The summed E-state index contributed by atoms with van der Waals surface area (Å²) in [5.74, 6) is -0.356. The van der Waals surface area contributed by atoms with E-state index in [1.807, 2.05) is 0 Å². The zero-order valence-corrected chi connectivity index (χ0v) is 20.2. The first-order valence-corrected chi connectivity index (χ1v) is 13.5. The van der Waals surface area contributed by atoms with Crippen molar-refractivity contribution < 1.29 is 22.7 Å². The Morgan fingerprint density at radius 1 is 0.938 bits per heavy atom. The second kappa shape index (κ2) is 12.2. The van der Waals surface area contributed by atoms with E-state index >= 15 is 0 Å². The van der Waals surface area contributed by atoms with E-state index in [1.165, 1.54) is 32.8 Å². The SMILES string of the molecule is CCOC(=O)N1CCN(S(=O)(=O)N2CCC[C@@H](C(=O)NCCCN3CCCCC3)C2)CC1. The lowest BCUT2D eigenvalue weighted by Crippen LogP contribution is -2.56. The van der Waals surface area contributed by atoms with Gasteiger partial charge in [-0.1, -0.05) is 6.42 Å². The maximum Gasteiger partial charge on any atom is 0.409 e. The lowest BCUT2D eigenvalue weighted by molar-refractivity contribution is -0.126. The van der Waals surface area contributed by atoms with Crippen LogP contribution in [0.1, 0.15) is 45.4 Å². The van der Waals surface area contributed by atoms with E-state index in [0.717, 1.165) is 26.1 Å². The molecule has 1 atom stereocenters. The zero-order chi connectivity index (χ0) is 23.0. The molecule has 1 N–H and O–H groups in total. The zero-order valence-electron chi connectivity index (χ0n) is 19.3. The van der Waals surface area contributed by atoms with Crippen molar-refractivity contribution in [1.82, 2.24) is 23.7 Å². The monoisotopic (exact) mass is 473 g/mol. The van der Waals surface area contributed by atoms with Gasteiger partial charge in [-0.05, 0) is 58.7 Å². The minimum absolute atomic E-state index is 0.0457. The van der Waals surface area contributed by atoms with E-state index < -0.39 is 16.3 Å². The Balaban J connectivity index is 1.42. The number of piperidine rings is 2. The predicted octanol–water partition coefficient (Wildman–Crippen LogP) is 0.710. The lowest BCUT2D eigenvalue weighted by atomic mass is 9.99. The lowest BCUT2D eigenvalue weighted by Gasteiger charge is -2.38. The molecule has 0 aromatic carbocycles. The van der Waals surface area contributed by atoms with Gasteiger partial charge in [-0.3, -0.25) is 4.79 Å². The van der Waals surface area contributed by atoms with Gasteiger partial charge < -0.3 is 19.9 Å². The molecule has 3 fully saturated rings. The highest BCUT2D eigenvalue weighted by Crippen LogP contribution is 2.22. The van der Waals surface area contributed by atoms with Crippen LogP contribution in [-0.4, -0.2) is 111 Å². The molecule has 3 saturated heterocycles. The van der Waals surface area contributed by atoms with Crippen molar-refractivity contribution in [2.24, 2.45) is 5.92 Å². The molecule has 0 unspecified atom stereocenters. The third kappa shape index (κ3) is 6.79. The molecule has 3 rings (SSSR count). The molecule has 3 aliphatic heterocycles. The smallest absolute Gasteiger partial charge is 0.409 e. The molecule has 32 heavy (non-hydrogen) atoms. The quantitative estimate of drug-likeness (QED) is 0.521. The number of likely N-dealkylation sites (tertiary alicyclic amines) is 1. The average Bonchev–Trinajstić information content (AvgIpc) is 2.82. The van der Waals surface area contributed by atoms with Crippen LogP contribution in [0.25, 0.3) is 0 Å². The first kappa shape index (κ1) is 25.2. The molecule has 2 amide bonds. The van der Waals surface area contributed by atoms with Crippen molar-refractivity contribution in [2.45, 2.75) is 45.4 Å². The van der Waals surface area contributed by atoms with Gasteiger partial charge in [0.2, 0.25) is 5.91 Å². The number of rotatable bonds is 8. The molecule has 0 saturated carbocycles. The Morgan fingerprint density at radius 3 is 2.34 bits per heavy atom. The van der Waals surface area contributed by atoms with Crippen LogP contribution >= 0.6 is 0 Å². The van der Waals surface area contributed by atoms with Crippen molar-refractivity contribution >= 4 is 22.2 Å². The number of carbonyl (C=O) groups is 2. The molecule has 184 valence electrons. The first-order chi connectivity index (χ1) is 15.4. The Bertz CT molecular complexity index is 720. The second-order valence-corrected chi connectivity index (χ2v) is 10.8. The van der Waals surface area contributed by atoms with Gasteiger partial charge in [0.05, 0.1) is 12.5 Å². The number of hydrogen-bond donors (Lipinski definition) is 1. The Morgan fingerprint density at radius 2 is 1.66 bits per heavy atom. The van der Waals surface area contributed by atoms with Crippen LogP contribution in [0.15, 0.2) is 0 Å². The van der Waals surface area contributed by atoms with Crippen molar-refractivity contribution in [3.63, 3.8) is 0 Å². The number of ether oxygens (including phenoxy) is 1. The first-order valence-electron chi connectivity index (χ1n) is 12.1. The second-order valence-electron chi connectivity index (χ2n) is 8.84. The molecule has 3 aliphatic rings. The fourth-order valence-electron chi connectivity index (χ4n) is 4.69. The standard InChI is InChI=1S/C21H39N5O5S/c1-2-31-21(28)24-14-16-25(17-15-24)32(29,30)26-13-6-8-19(18-26)20(27)22-9-7-12-23-10-4-3-5-11-23/h19H,2-18H2,1H3,(H,22,27)/t19-/m1/s1. The van der Waals surface area contributed by atoms with Gasteiger partial charge in [-0.25, -0.2) is 4.79 Å². The van der Waals surface area contributed by atoms with Gasteiger partial charge >= 0.3 is 6.09 Å². The molecule has 0 bridgehead atoms. The number of carbonyl (C=O) groups excluding carboxylic acids is 2. The third-order valence-electron chi connectivity index (χ3n) is 6.57. The highest BCUT2D eigenvalue weighted by Gasteiger charge is 2.37. The van der Waals surface area contributed by atoms with Crippen LogP contribution in [0, 0.1) is 5.92 Å². The summed E-state index contributed by atoms with van der Waals surface area (Å²) < 4.78 is 34.1. The van der Waals surface area contributed by atoms with E-state index in [2.05, 4.69) is 10.2 Å². The van der Waals surface area contributed by atoms with Crippen molar-refractivity contribution in [2.75, 3.05) is 72.1 Å². The molecule has 10 nitrogen and oxygen atoms in total. The number of nitrogens with one attached hydrogen (secondary N) is 1. The summed E-state index contributed by atoms with van der Waals surface area (Å²) in [7, 11) is -3.65. The van der Waals surface area contributed by atoms with Crippen LogP contribution < -0.4 is 5.32 Å². The fourth-order valence-corrected chi connectivity index (χ4v) is 6.37. The third-order valence-corrected chi connectivity index (χ3v) is 8.57. The minimum atomic E-state index is -3.65. The van der Waals surface area contributed by atoms with E-state index in [1.54, 1.807) is 6.92 Å². The van der Waals surface area contributed by atoms with Gasteiger partial charge in [0.25, 0.3) is 10.2 Å². The molecule has 0 aromatic heterocycles. The van der Waals surface area contributed by atoms with Crippen molar-refractivity contribution in [3.05, 3.63) is 0 Å². The number of amides is 2. The van der Waals surface area contributed by atoms with Crippen LogP contribution in [0.3, 0.4) is 0 Å². The summed E-state index contributed by atoms with van der Waals surface area (Å²) in [5.41, 5.74) is 0. The van der Waals surface area contributed by atoms with Gasteiger partial charge in [0.15, 0.2) is 0 Å². The van der Waals surface area contributed by atoms with Crippen LogP contribution in [0.4, 0.5) is 4.79 Å². The Kier molecular flexibility index (Phi) is 9.57. The summed E-state index contributed by atoms with van der Waals surface area (Å²) in [6.07, 6.45) is 5.74. The number of hydrogen-bond acceptors (Lipinski definition) is 6. The van der Waals surface area contributed by atoms with Crippen molar-refractivity contribution in [3.8, 4) is 0 Å². The number of piperazine rings is 1. The maximum atomic E-state index is 13.1. The molecular formula is C21H39N5O5S. The van der Waals surface area contributed by atoms with E-state index in [9.17, 15) is 18.0 Å². The highest BCUT2D eigenvalue weighted by atomic mass is 32.2. The fraction of sp³-hybridized carbons (Fsp3) is 0.905. The summed E-state index contributed by atoms with van der Waals surface area (Å²) in [6, 6.07) is 0. The normalized spacial score (nSPS) is 24.3. The maximum absolute atomic E-state index is 13.1. The molecule has 3 heterocycles. The topological polar surface area (TPSA) is 102 Å².